The molecule has 0 aromatic heterocycles. The summed E-state index contributed by atoms with van der Waals surface area (Å²) in [5.41, 5.74) is 1.41. The molecule has 0 heterocycles. The van der Waals surface area contributed by atoms with Crippen LogP contribution in [-0.2, 0) is 0 Å². The first-order valence-corrected chi connectivity index (χ1v) is 8.11. The topological polar surface area (TPSA) is 23.5 Å². The number of benzene rings is 2. The fourth-order valence-corrected chi connectivity index (χ4v) is 3.75. The standard InChI is InChI=1S/C19H25NO/c1-2-20(14-19(15-21)12-5-6-13-19)18-11-7-9-16-8-3-4-10-17(16)18/h3-4,7-11,21H,2,5-6,12-15H2,1H3. The fraction of sp³-hybridized carbons (Fsp3) is 0.474. The zero-order chi connectivity index (χ0) is 14.7. The molecule has 2 nitrogen and oxygen atoms in total. The highest BCUT2D eigenvalue weighted by Gasteiger charge is 2.35. The van der Waals surface area contributed by atoms with Gasteiger partial charge in [-0.2, -0.15) is 0 Å². The summed E-state index contributed by atoms with van der Waals surface area (Å²) in [5, 5.41) is 12.5. The number of hydrogen-bond acceptors (Lipinski definition) is 2. The Morgan fingerprint density at radius 3 is 2.48 bits per heavy atom. The van der Waals surface area contributed by atoms with Crippen LogP contribution >= 0.6 is 0 Å². The molecule has 0 spiro atoms. The van der Waals surface area contributed by atoms with Gasteiger partial charge in [0.15, 0.2) is 0 Å². The van der Waals surface area contributed by atoms with Crippen LogP contribution in [0.15, 0.2) is 42.5 Å². The third kappa shape index (κ3) is 2.77. The first-order valence-electron chi connectivity index (χ1n) is 8.11. The molecule has 0 aliphatic heterocycles. The number of nitrogens with zero attached hydrogens (tertiary/aromatic N) is 1. The average Bonchev–Trinajstić information content (AvgIpc) is 3.01. The second kappa shape index (κ2) is 6.07. The quantitative estimate of drug-likeness (QED) is 0.888. The van der Waals surface area contributed by atoms with Crippen LogP contribution in [0.1, 0.15) is 32.6 Å². The van der Waals surface area contributed by atoms with Crippen LogP contribution in [0.3, 0.4) is 0 Å². The van der Waals surface area contributed by atoms with Crippen molar-refractivity contribution in [3.63, 3.8) is 0 Å². The largest absolute Gasteiger partial charge is 0.396 e. The van der Waals surface area contributed by atoms with Crippen LogP contribution in [0.4, 0.5) is 5.69 Å². The maximum Gasteiger partial charge on any atom is 0.0504 e. The van der Waals surface area contributed by atoms with E-state index in [9.17, 15) is 5.11 Å². The lowest BCUT2D eigenvalue weighted by atomic mass is 9.86. The Hall–Kier alpha value is -1.54. The summed E-state index contributed by atoms with van der Waals surface area (Å²) >= 11 is 0. The van der Waals surface area contributed by atoms with Crippen molar-refractivity contribution in [1.29, 1.82) is 0 Å². The van der Waals surface area contributed by atoms with E-state index in [-0.39, 0.29) is 5.41 Å². The van der Waals surface area contributed by atoms with Crippen LogP contribution < -0.4 is 4.90 Å². The van der Waals surface area contributed by atoms with Gasteiger partial charge in [0.05, 0.1) is 6.61 Å². The fourth-order valence-electron chi connectivity index (χ4n) is 3.75. The Labute approximate surface area is 127 Å². The van der Waals surface area contributed by atoms with Gasteiger partial charge in [-0.3, -0.25) is 0 Å². The predicted octanol–water partition coefficient (Wildman–Crippen LogP) is 4.22. The number of anilines is 1. The van der Waals surface area contributed by atoms with Gasteiger partial charge in [-0.05, 0) is 31.2 Å². The summed E-state index contributed by atoms with van der Waals surface area (Å²) in [6.45, 7) is 4.47. The first kappa shape index (κ1) is 14.4. The van der Waals surface area contributed by atoms with Crippen LogP contribution in [0, 0.1) is 5.41 Å². The van der Waals surface area contributed by atoms with Crippen LogP contribution in [-0.4, -0.2) is 24.8 Å². The first-order chi connectivity index (χ1) is 10.3. The Kier molecular flexibility index (Phi) is 4.16. The number of fused-ring (bicyclic) bond motifs is 1. The SMILES string of the molecule is CCN(CC1(CO)CCCC1)c1cccc2ccccc12. The highest BCUT2D eigenvalue weighted by Crippen LogP contribution is 2.40. The Morgan fingerprint density at radius 2 is 1.76 bits per heavy atom. The molecule has 0 amide bonds. The Balaban J connectivity index is 1.95. The number of hydrogen-bond donors (Lipinski definition) is 1. The van der Waals surface area contributed by atoms with Crippen LogP contribution in [0.5, 0.6) is 0 Å². The van der Waals surface area contributed by atoms with Crippen molar-refractivity contribution in [3.05, 3.63) is 42.5 Å². The molecule has 21 heavy (non-hydrogen) atoms. The van der Waals surface area contributed by atoms with E-state index in [1.165, 1.54) is 29.3 Å². The van der Waals surface area contributed by atoms with Crippen molar-refractivity contribution in [3.8, 4) is 0 Å². The predicted molar refractivity (Wildman–Crippen MR) is 89.8 cm³/mol. The smallest absolute Gasteiger partial charge is 0.0504 e. The summed E-state index contributed by atoms with van der Waals surface area (Å²) in [5.74, 6) is 0. The highest BCUT2D eigenvalue weighted by atomic mass is 16.3. The Morgan fingerprint density at radius 1 is 1.05 bits per heavy atom. The van der Waals surface area contributed by atoms with Crippen molar-refractivity contribution >= 4 is 16.5 Å². The van der Waals surface area contributed by atoms with Crippen molar-refractivity contribution in [2.75, 3.05) is 24.6 Å². The second-order valence-corrected chi connectivity index (χ2v) is 6.38. The van der Waals surface area contributed by atoms with Gasteiger partial charge in [-0.25, -0.2) is 0 Å². The minimum Gasteiger partial charge on any atom is -0.396 e. The van der Waals surface area contributed by atoms with E-state index in [4.69, 9.17) is 0 Å². The van der Waals surface area contributed by atoms with E-state index in [1.807, 2.05) is 0 Å². The molecule has 1 N–H and O–H groups in total. The third-order valence-electron chi connectivity index (χ3n) is 5.01. The molecule has 2 aromatic carbocycles. The summed E-state index contributed by atoms with van der Waals surface area (Å²) in [6.07, 6.45) is 4.83. The van der Waals surface area contributed by atoms with Crippen molar-refractivity contribution in [2.45, 2.75) is 32.6 Å². The van der Waals surface area contributed by atoms with E-state index >= 15 is 0 Å². The molecule has 0 bridgehead atoms. The monoisotopic (exact) mass is 283 g/mol. The van der Waals surface area contributed by atoms with Gasteiger partial charge < -0.3 is 10.0 Å². The van der Waals surface area contributed by atoms with Crippen molar-refractivity contribution in [2.24, 2.45) is 5.41 Å². The highest BCUT2D eigenvalue weighted by molar-refractivity contribution is 5.94. The van der Waals surface area contributed by atoms with Gasteiger partial charge in [0.1, 0.15) is 0 Å². The number of aliphatic hydroxyl groups excluding tert-OH is 1. The average molecular weight is 283 g/mol. The molecule has 1 fully saturated rings. The molecule has 0 atom stereocenters. The second-order valence-electron chi connectivity index (χ2n) is 6.38. The van der Waals surface area contributed by atoms with E-state index in [2.05, 4.69) is 54.3 Å². The van der Waals surface area contributed by atoms with Gasteiger partial charge >= 0.3 is 0 Å². The number of rotatable bonds is 5. The van der Waals surface area contributed by atoms with Crippen LogP contribution in [0.2, 0.25) is 0 Å². The molecule has 0 radical (unpaired) electrons. The zero-order valence-electron chi connectivity index (χ0n) is 12.9. The third-order valence-corrected chi connectivity index (χ3v) is 5.01. The van der Waals surface area contributed by atoms with Crippen molar-refractivity contribution < 1.29 is 5.11 Å². The van der Waals surface area contributed by atoms with Crippen molar-refractivity contribution in [1.82, 2.24) is 0 Å². The molecule has 2 aromatic rings. The maximum absolute atomic E-state index is 9.89. The molecule has 3 rings (SSSR count). The van der Waals surface area contributed by atoms with Gasteiger partial charge in [-0.15, -0.1) is 0 Å². The minimum atomic E-state index is 0.104. The number of aliphatic hydroxyl groups is 1. The maximum atomic E-state index is 9.89. The molecular weight excluding hydrogens is 258 g/mol. The minimum absolute atomic E-state index is 0.104. The molecule has 0 saturated heterocycles. The molecule has 2 heteroatoms. The normalized spacial score (nSPS) is 17.2. The van der Waals surface area contributed by atoms with Crippen LogP contribution in [0.25, 0.3) is 10.8 Å². The summed E-state index contributed by atoms with van der Waals surface area (Å²) in [6, 6.07) is 15.1. The molecular formula is C19H25NO. The lowest BCUT2D eigenvalue weighted by molar-refractivity contribution is 0.136. The van der Waals surface area contributed by atoms with Gasteiger partial charge in [0.2, 0.25) is 0 Å². The van der Waals surface area contributed by atoms with E-state index in [0.29, 0.717) is 6.61 Å². The zero-order valence-corrected chi connectivity index (χ0v) is 12.9. The Bertz CT molecular complexity index is 596. The van der Waals surface area contributed by atoms with E-state index in [1.54, 1.807) is 0 Å². The van der Waals surface area contributed by atoms with Gasteiger partial charge in [0.25, 0.3) is 0 Å². The lowest BCUT2D eigenvalue weighted by Crippen LogP contribution is -2.38. The van der Waals surface area contributed by atoms with E-state index < -0.39 is 0 Å². The molecule has 112 valence electrons. The molecule has 1 aliphatic rings. The lowest BCUT2D eigenvalue weighted by Gasteiger charge is -2.35. The summed E-state index contributed by atoms with van der Waals surface area (Å²) < 4.78 is 0. The van der Waals surface area contributed by atoms with Gasteiger partial charge in [-0.1, -0.05) is 49.2 Å². The molecule has 1 saturated carbocycles. The molecule has 0 unspecified atom stereocenters. The van der Waals surface area contributed by atoms with Gasteiger partial charge in [0, 0.05) is 29.6 Å². The summed E-state index contributed by atoms with van der Waals surface area (Å²) in [4.78, 5) is 2.45. The summed E-state index contributed by atoms with van der Waals surface area (Å²) in [7, 11) is 0. The molecule has 1 aliphatic carbocycles. The van der Waals surface area contributed by atoms with E-state index in [0.717, 1.165) is 25.9 Å².